The summed E-state index contributed by atoms with van der Waals surface area (Å²) < 4.78 is 5.40. The Bertz CT molecular complexity index is 563. The van der Waals surface area contributed by atoms with Gasteiger partial charge in [-0.2, -0.15) is 0 Å². The van der Waals surface area contributed by atoms with Gasteiger partial charge in [0.2, 0.25) is 0 Å². The van der Waals surface area contributed by atoms with E-state index in [1.54, 1.807) is 0 Å². The van der Waals surface area contributed by atoms with Gasteiger partial charge in [-0.05, 0) is 25.1 Å². The summed E-state index contributed by atoms with van der Waals surface area (Å²) in [6, 6.07) is 11.0. The van der Waals surface area contributed by atoms with Gasteiger partial charge in [0, 0.05) is 25.2 Å². The van der Waals surface area contributed by atoms with Gasteiger partial charge in [0.05, 0.1) is 12.2 Å². The Balaban J connectivity index is 1.88. The van der Waals surface area contributed by atoms with Crippen LogP contribution in [0, 0.1) is 6.92 Å². The third kappa shape index (κ3) is 4.99. The summed E-state index contributed by atoms with van der Waals surface area (Å²) in [5, 5.41) is 7.44. The molecule has 4 nitrogen and oxygen atoms in total. The zero-order valence-electron chi connectivity index (χ0n) is 13.4. The number of aryl methyl sites for hydroxylation is 1. The van der Waals surface area contributed by atoms with Gasteiger partial charge in [-0.3, -0.25) is 4.90 Å². The van der Waals surface area contributed by atoms with Crippen molar-refractivity contribution >= 4 is 0 Å². The number of benzene rings is 1. The Kier molecular flexibility index (Phi) is 5.53. The molecular weight excluding hydrogens is 262 g/mol. The molecule has 0 bridgehead atoms. The molecule has 0 radical (unpaired) electrons. The summed E-state index contributed by atoms with van der Waals surface area (Å²) in [4.78, 5) is 2.24. The van der Waals surface area contributed by atoms with Crippen LogP contribution in [-0.2, 0) is 19.6 Å². The van der Waals surface area contributed by atoms with Crippen molar-refractivity contribution in [2.24, 2.45) is 0 Å². The highest BCUT2D eigenvalue weighted by molar-refractivity contribution is 5.25. The Labute approximate surface area is 127 Å². The molecule has 1 heterocycles. The third-order valence-electron chi connectivity index (χ3n) is 3.43. The Morgan fingerprint density at radius 1 is 1.24 bits per heavy atom. The van der Waals surface area contributed by atoms with E-state index in [4.69, 9.17) is 4.52 Å². The molecular formula is C17H25N3O. The maximum Gasteiger partial charge on any atom is 0.151 e. The zero-order chi connectivity index (χ0) is 15.2. The van der Waals surface area contributed by atoms with E-state index in [1.165, 1.54) is 11.1 Å². The highest BCUT2D eigenvalue weighted by Gasteiger charge is 2.09. The van der Waals surface area contributed by atoms with Gasteiger partial charge >= 0.3 is 0 Å². The summed E-state index contributed by atoms with van der Waals surface area (Å²) >= 11 is 0. The number of rotatable bonds is 7. The maximum atomic E-state index is 5.40. The van der Waals surface area contributed by atoms with Crippen LogP contribution in [0.25, 0.3) is 0 Å². The Morgan fingerprint density at radius 3 is 2.71 bits per heavy atom. The second-order valence-corrected chi connectivity index (χ2v) is 5.92. The molecule has 0 aliphatic carbocycles. The van der Waals surface area contributed by atoms with Gasteiger partial charge in [-0.1, -0.05) is 43.3 Å². The van der Waals surface area contributed by atoms with E-state index in [0.717, 1.165) is 31.1 Å². The van der Waals surface area contributed by atoms with Crippen LogP contribution in [0.15, 0.2) is 34.9 Å². The van der Waals surface area contributed by atoms with Gasteiger partial charge in [0.25, 0.3) is 0 Å². The lowest BCUT2D eigenvalue weighted by Gasteiger charge is -2.16. The van der Waals surface area contributed by atoms with Crippen LogP contribution in [0.1, 0.15) is 36.4 Å². The number of hydrogen-bond acceptors (Lipinski definition) is 4. The highest BCUT2D eigenvalue weighted by atomic mass is 16.5. The highest BCUT2D eigenvalue weighted by Crippen LogP contribution is 2.12. The number of hydrogen-bond donors (Lipinski definition) is 1. The monoisotopic (exact) mass is 287 g/mol. The molecule has 0 amide bonds. The summed E-state index contributed by atoms with van der Waals surface area (Å²) in [5.74, 6) is 0.909. The Morgan fingerprint density at radius 2 is 2.00 bits per heavy atom. The van der Waals surface area contributed by atoms with Gasteiger partial charge in [-0.15, -0.1) is 0 Å². The summed E-state index contributed by atoms with van der Waals surface area (Å²) in [7, 11) is 2.10. The lowest BCUT2D eigenvalue weighted by molar-refractivity contribution is 0.265. The fraction of sp³-hybridized carbons (Fsp3) is 0.471. The molecule has 4 heteroatoms. The zero-order valence-corrected chi connectivity index (χ0v) is 13.4. The predicted octanol–water partition coefficient (Wildman–Crippen LogP) is 3.11. The molecule has 0 fully saturated rings. The molecule has 1 N–H and O–H groups in total. The number of nitrogens with zero attached hydrogens (tertiary/aromatic N) is 2. The first kappa shape index (κ1) is 15.7. The van der Waals surface area contributed by atoms with Crippen molar-refractivity contribution in [3.63, 3.8) is 0 Å². The van der Waals surface area contributed by atoms with Crippen LogP contribution in [0.3, 0.4) is 0 Å². The molecule has 21 heavy (non-hydrogen) atoms. The minimum Gasteiger partial charge on any atom is -0.360 e. The fourth-order valence-electron chi connectivity index (χ4n) is 2.22. The normalized spacial score (nSPS) is 11.5. The average Bonchev–Trinajstić information content (AvgIpc) is 2.86. The second kappa shape index (κ2) is 7.38. The van der Waals surface area contributed by atoms with E-state index < -0.39 is 0 Å². The molecule has 0 aliphatic heterocycles. The standard InChI is InChI=1S/C17H25N3O/c1-13(2)18-10-16-9-17(21-19-16)12-20(4)11-15-8-6-5-7-14(15)3/h5-9,13,18H,10-12H2,1-4H3. The molecule has 0 saturated carbocycles. The molecule has 0 unspecified atom stereocenters. The van der Waals surface area contributed by atoms with Crippen LogP contribution in [0.5, 0.6) is 0 Å². The number of nitrogens with one attached hydrogen (secondary N) is 1. The van der Waals surface area contributed by atoms with Gasteiger partial charge < -0.3 is 9.84 Å². The first-order valence-electron chi connectivity index (χ1n) is 7.45. The quantitative estimate of drug-likeness (QED) is 0.849. The lowest BCUT2D eigenvalue weighted by atomic mass is 10.1. The minimum absolute atomic E-state index is 0.453. The van der Waals surface area contributed by atoms with Gasteiger partial charge in [0.15, 0.2) is 5.76 Å². The molecule has 1 aromatic heterocycles. The topological polar surface area (TPSA) is 41.3 Å². The van der Waals surface area contributed by atoms with Crippen LogP contribution >= 0.6 is 0 Å². The van der Waals surface area contributed by atoms with Crippen molar-refractivity contribution in [2.75, 3.05) is 7.05 Å². The molecule has 0 saturated heterocycles. The van der Waals surface area contributed by atoms with Crippen LogP contribution < -0.4 is 5.32 Å². The Hall–Kier alpha value is -1.65. The SMILES string of the molecule is Cc1ccccc1CN(C)Cc1cc(CNC(C)C)no1. The first-order valence-corrected chi connectivity index (χ1v) is 7.45. The predicted molar refractivity (Wildman–Crippen MR) is 84.8 cm³/mol. The van der Waals surface area contributed by atoms with E-state index >= 15 is 0 Å². The third-order valence-corrected chi connectivity index (χ3v) is 3.43. The van der Waals surface area contributed by atoms with E-state index in [1.807, 2.05) is 6.07 Å². The van der Waals surface area contributed by atoms with Crippen LogP contribution in [0.4, 0.5) is 0 Å². The van der Waals surface area contributed by atoms with Crippen molar-refractivity contribution in [1.82, 2.24) is 15.4 Å². The fourth-order valence-corrected chi connectivity index (χ4v) is 2.22. The molecule has 2 aromatic rings. The summed E-state index contributed by atoms with van der Waals surface area (Å²) in [5.41, 5.74) is 3.63. The van der Waals surface area contributed by atoms with Crippen LogP contribution in [0.2, 0.25) is 0 Å². The van der Waals surface area contributed by atoms with E-state index in [9.17, 15) is 0 Å². The summed E-state index contributed by atoms with van der Waals surface area (Å²) in [6.45, 7) is 8.82. The van der Waals surface area contributed by atoms with Crippen molar-refractivity contribution in [1.29, 1.82) is 0 Å². The van der Waals surface area contributed by atoms with E-state index in [-0.39, 0.29) is 0 Å². The van der Waals surface area contributed by atoms with Crippen LogP contribution in [-0.4, -0.2) is 23.1 Å². The summed E-state index contributed by atoms with van der Waals surface area (Å²) in [6.07, 6.45) is 0. The van der Waals surface area contributed by atoms with Crippen molar-refractivity contribution in [3.05, 3.63) is 52.9 Å². The molecule has 0 spiro atoms. The molecule has 2 rings (SSSR count). The average molecular weight is 287 g/mol. The molecule has 114 valence electrons. The smallest absolute Gasteiger partial charge is 0.151 e. The first-order chi connectivity index (χ1) is 10.0. The van der Waals surface area contributed by atoms with Gasteiger partial charge in [0.1, 0.15) is 0 Å². The lowest BCUT2D eigenvalue weighted by Crippen LogP contribution is -2.21. The number of aromatic nitrogens is 1. The molecule has 0 atom stereocenters. The van der Waals surface area contributed by atoms with E-state index in [0.29, 0.717) is 6.04 Å². The molecule has 0 aliphatic rings. The minimum atomic E-state index is 0.453. The van der Waals surface area contributed by atoms with Crippen molar-refractivity contribution < 1.29 is 4.52 Å². The second-order valence-electron chi connectivity index (χ2n) is 5.92. The maximum absolute atomic E-state index is 5.40. The van der Waals surface area contributed by atoms with Crippen molar-refractivity contribution in [2.45, 2.75) is 46.4 Å². The molecule has 1 aromatic carbocycles. The van der Waals surface area contributed by atoms with E-state index in [2.05, 4.69) is 67.5 Å². The largest absolute Gasteiger partial charge is 0.360 e. The van der Waals surface area contributed by atoms with Crippen molar-refractivity contribution in [3.8, 4) is 0 Å². The van der Waals surface area contributed by atoms with Gasteiger partial charge in [-0.25, -0.2) is 0 Å².